The number of pyridine rings is 1. The molecule has 0 aliphatic carbocycles. The molecule has 0 aliphatic heterocycles. The van der Waals surface area contributed by atoms with Crippen LogP contribution in [0.5, 0.6) is 0 Å². The van der Waals surface area contributed by atoms with Crippen molar-refractivity contribution < 1.29 is 8.42 Å². The van der Waals surface area contributed by atoms with Gasteiger partial charge in [0.05, 0.1) is 4.90 Å². The maximum atomic E-state index is 12.7. The Hall–Kier alpha value is -3.18. The number of aromatic nitrogens is 1. The molecule has 0 fully saturated rings. The van der Waals surface area contributed by atoms with Crippen molar-refractivity contribution in [3.8, 4) is 0 Å². The van der Waals surface area contributed by atoms with Gasteiger partial charge in [-0.3, -0.25) is 9.71 Å². The Morgan fingerprint density at radius 1 is 0.741 bits per heavy atom. The van der Waals surface area contributed by atoms with Gasteiger partial charge in [-0.2, -0.15) is 0 Å². The molecule has 27 heavy (non-hydrogen) atoms. The number of rotatable bonds is 5. The van der Waals surface area contributed by atoms with Crippen molar-refractivity contribution in [1.82, 2.24) is 4.98 Å². The Bertz CT molecular complexity index is 1170. The molecular formula is C22H18N2O2S. The van der Waals surface area contributed by atoms with Crippen LogP contribution in [0, 0.1) is 0 Å². The lowest BCUT2D eigenvalue weighted by Crippen LogP contribution is -2.12. The highest BCUT2D eigenvalue weighted by Crippen LogP contribution is 2.22. The minimum absolute atomic E-state index is 0.252. The second-order valence-corrected chi connectivity index (χ2v) is 8.03. The zero-order valence-corrected chi connectivity index (χ0v) is 15.4. The summed E-state index contributed by atoms with van der Waals surface area (Å²) >= 11 is 0. The quantitative estimate of drug-likeness (QED) is 0.554. The minimum atomic E-state index is -3.63. The van der Waals surface area contributed by atoms with Crippen molar-refractivity contribution in [2.24, 2.45) is 0 Å². The Balaban J connectivity index is 1.53. The van der Waals surface area contributed by atoms with Crippen molar-refractivity contribution in [1.29, 1.82) is 0 Å². The zero-order valence-electron chi connectivity index (χ0n) is 14.5. The summed E-state index contributed by atoms with van der Waals surface area (Å²) in [4.78, 5) is 4.26. The molecule has 0 saturated heterocycles. The van der Waals surface area contributed by atoms with Gasteiger partial charge in [-0.25, -0.2) is 8.42 Å². The first-order valence-corrected chi connectivity index (χ1v) is 10.1. The van der Waals surface area contributed by atoms with Crippen LogP contribution in [0.4, 0.5) is 5.69 Å². The van der Waals surface area contributed by atoms with Crippen LogP contribution in [0.25, 0.3) is 10.8 Å². The van der Waals surface area contributed by atoms with Crippen LogP contribution in [0.15, 0.2) is 96.2 Å². The monoisotopic (exact) mass is 374 g/mol. The molecule has 0 unspecified atom stereocenters. The third-order valence-corrected chi connectivity index (χ3v) is 5.77. The van der Waals surface area contributed by atoms with E-state index < -0.39 is 10.0 Å². The van der Waals surface area contributed by atoms with E-state index in [1.807, 2.05) is 54.6 Å². The molecule has 0 bridgehead atoms. The van der Waals surface area contributed by atoms with Gasteiger partial charge in [0, 0.05) is 18.1 Å². The lowest BCUT2D eigenvalue weighted by molar-refractivity contribution is 0.601. The van der Waals surface area contributed by atoms with Crippen LogP contribution in [-0.4, -0.2) is 13.4 Å². The molecular weight excluding hydrogens is 356 g/mol. The summed E-state index contributed by atoms with van der Waals surface area (Å²) in [7, 11) is -3.63. The molecule has 4 rings (SSSR count). The molecule has 0 radical (unpaired) electrons. The third kappa shape index (κ3) is 3.99. The Labute approximate surface area is 158 Å². The van der Waals surface area contributed by atoms with Gasteiger partial charge < -0.3 is 0 Å². The molecule has 0 atom stereocenters. The predicted octanol–water partition coefficient (Wildman–Crippen LogP) is 4.63. The van der Waals surface area contributed by atoms with Crippen LogP contribution in [-0.2, 0) is 16.4 Å². The van der Waals surface area contributed by atoms with E-state index in [4.69, 9.17) is 0 Å². The topological polar surface area (TPSA) is 59.1 Å². The first-order chi connectivity index (χ1) is 13.1. The van der Waals surface area contributed by atoms with Crippen molar-refractivity contribution in [2.75, 3.05) is 4.72 Å². The summed E-state index contributed by atoms with van der Waals surface area (Å²) in [6, 6.07) is 24.2. The molecule has 4 nitrogen and oxygen atoms in total. The zero-order chi connectivity index (χ0) is 18.7. The van der Waals surface area contributed by atoms with E-state index in [1.165, 1.54) is 0 Å². The van der Waals surface area contributed by atoms with E-state index in [9.17, 15) is 8.42 Å². The number of nitrogens with zero attached hydrogens (tertiary/aromatic N) is 1. The highest BCUT2D eigenvalue weighted by molar-refractivity contribution is 7.92. The largest absolute Gasteiger partial charge is 0.280 e. The first-order valence-electron chi connectivity index (χ1n) is 8.60. The molecule has 5 heteroatoms. The fraction of sp³-hybridized carbons (Fsp3) is 0.0455. The molecule has 4 aromatic rings. The highest BCUT2D eigenvalue weighted by atomic mass is 32.2. The average Bonchev–Trinajstić information content (AvgIpc) is 2.70. The standard InChI is InChI=1S/C22H18N2O2S/c25-27(26,22-10-7-19-3-1-2-4-20(19)16-22)24-21-8-5-17(6-9-21)15-18-11-13-23-14-12-18/h1-14,16,24H,15H2. The lowest BCUT2D eigenvalue weighted by atomic mass is 10.1. The van der Waals surface area contributed by atoms with E-state index in [-0.39, 0.29) is 4.90 Å². The lowest BCUT2D eigenvalue weighted by Gasteiger charge is -2.10. The van der Waals surface area contributed by atoms with Gasteiger partial charge in [0.2, 0.25) is 0 Å². The molecule has 1 aromatic heterocycles. The molecule has 1 N–H and O–H groups in total. The van der Waals surface area contributed by atoms with Gasteiger partial charge in [0.25, 0.3) is 10.0 Å². The summed E-state index contributed by atoms with van der Waals surface area (Å²) in [5.74, 6) is 0. The number of fused-ring (bicyclic) bond motifs is 1. The minimum Gasteiger partial charge on any atom is -0.280 e. The van der Waals surface area contributed by atoms with Crippen molar-refractivity contribution >= 4 is 26.5 Å². The maximum absolute atomic E-state index is 12.7. The summed E-state index contributed by atoms with van der Waals surface area (Å²) < 4.78 is 28.1. The number of anilines is 1. The van der Waals surface area contributed by atoms with E-state index in [2.05, 4.69) is 9.71 Å². The predicted molar refractivity (Wildman–Crippen MR) is 108 cm³/mol. The number of hydrogen-bond donors (Lipinski definition) is 1. The van der Waals surface area contributed by atoms with Gasteiger partial charge in [0.1, 0.15) is 0 Å². The fourth-order valence-electron chi connectivity index (χ4n) is 2.98. The molecule has 3 aromatic carbocycles. The van der Waals surface area contributed by atoms with Crippen molar-refractivity contribution in [2.45, 2.75) is 11.3 Å². The van der Waals surface area contributed by atoms with E-state index >= 15 is 0 Å². The van der Waals surface area contributed by atoms with Gasteiger partial charge in [0.15, 0.2) is 0 Å². The first kappa shape index (κ1) is 17.2. The van der Waals surface area contributed by atoms with Crippen LogP contribution in [0.3, 0.4) is 0 Å². The Morgan fingerprint density at radius 2 is 1.41 bits per heavy atom. The maximum Gasteiger partial charge on any atom is 0.261 e. The summed E-state index contributed by atoms with van der Waals surface area (Å²) in [6.07, 6.45) is 4.31. The van der Waals surface area contributed by atoms with Crippen molar-refractivity contribution in [3.05, 3.63) is 102 Å². The van der Waals surface area contributed by atoms with E-state index in [1.54, 1.807) is 36.7 Å². The van der Waals surface area contributed by atoms with Crippen molar-refractivity contribution in [3.63, 3.8) is 0 Å². The molecule has 0 spiro atoms. The van der Waals surface area contributed by atoms with E-state index in [0.29, 0.717) is 5.69 Å². The Kier molecular flexibility index (Phi) is 4.60. The van der Waals surface area contributed by atoms with Crippen LogP contribution >= 0.6 is 0 Å². The number of nitrogens with one attached hydrogen (secondary N) is 1. The van der Waals surface area contributed by atoms with Crippen LogP contribution < -0.4 is 4.72 Å². The van der Waals surface area contributed by atoms with Gasteiger partial charge in [-0.05, 0) is 64.7 Å². The van der Waals surface area contributed by atoms with Crippen LogP contribution in [0.2, 0.25) is 0 Å². The summed E-state index contributed by atoms with van der Waals surface area (Å²) in [5.41, 5.74) is 2.81. The normalized spacial score (nSPS) is 11.4. The molecule has 134 valence electrons. The van der Waals surface area contributed by atoms with Gasteiger partial charge >= 0.3 is 0 Å². The molecule has 0 amide bonds. The SMILES string of the molecule is O=S(=O)(Nc1ccc(Cc2ccncc2)cc1)c1ccc2ccccc2c1. The molecule has 1 heterocycles. The summed E-state index contributed by atoms with van der Waals surface area (Å²) in [5, 5.41) is 1.91. The number of sulfonamides is 1. The third-order valence-electron chi connectivity index (χ3n) is 4.39. The number of benzene rings is 3. The second-order valence-electron chi connectivity index (χ2n) is 6.34. The molecule has 0 aliphatic rings. The second kappa shape index (κ2) is 7.21. The van der Waals surface area contributed by atoms with E-state index in [0.717, 1.165) is 28.3 Å². The summed E-state index contributed by atoms with van der Waals surface area (Å²) in [6.45, 7) is 0. The van der Waals surface area contributed by atoms with Gasteiger partial charge in [-0.1, -0.05) is 42.5 Å². The average molecular weight is 374 g/mol. The molecule has 0 saturated carbocycles. The van der Waals surface area contributed by atoms with Crippen LogP contribution in [0.1, 0.15) is 11.1 Å². The Morgan fingerprint density at radius 3 is 2.15 bits per heavy atom. The highest BCUT2D eigenvalue weighted by Gasteiger charge is 2.14. The fourth-order valence-corrected chi connectivity index (χ4v) is 4.07. The number of hydrogen-bond acceptors (Lipinski definition) is 3. The van der Waals surface area contributed by atoms with Gasteiger partial charge in [-0.15, -0.1) is 0 Å². The smallest absolute Gasteiger partial charge is 0.261 e.